The molecule has 0 amide bonds. The summed E-state index contributed by atoms with van der Waals surface area (Å²) in [7, 11) is 0. The molecule has 0 aliphatic rings. The zero-order valence-corrected chi connectivity index (χ0v) is 16.2. The second kappa shape index (κ2) is 6.71. The molecule has 0 atom stereocenters. The SMILES string of the molecule is [CH3][Ge]([CH3])([CH3])[c]1cnc(-c2ccccc2)cc1Cc1ccccc1. The summed E-state index contributed by atoms with van der Waals surface area (Å²) in [6.07, 6.45) is 3.13. The van der Waals surface area contributed by atoms with Crippen molar-refractivity contribution in [3.8, 4) is 11.3 Å². The van der Waals surface area contributed by atoms with Crippen LogP contribution in [0, 0.1) is 0 Å². The summed E-state index contributed by atoms with van der Waals surface area (Å²) in [5.41, 5.74) is 5.07. The first kappa shape index (κ1) is 16.0. The Morgan fingerprint density at radius 3 is 2.04 bits per heavy atom. The van der Waals surface area contributed by atoms with Gasteiger partial charge >= 0.3 is 142 Å². The number of pyridine rings is 1. The molecule has 0 N–H and O–H groups in total. The van der Waals surface area contributed by atoms with Gasteiger partial charge in [-0.05, 0) is 0 Å². The Hall–Kier alpha value is -1.87. The normalized spacial score (nSPS) is 11.4. The van der Waals surface area contributed by atoms with Crippen molar-refractivity contribution in [2.24, 2.45) is 0 Å². The van der Waals surface area contributed by atoms with Gasteiger partial charge in [0.15, 0.2) is 0 Å². The van der Waals surface area contributed by atoms with Gasteiger partial charge < -0.3 is 0 Å². The topological polar surface area (TPSA) is 12.9 Å². The van der Waals surface area contributed by atoms with Crippen molar-refractivity contribution in [1.29, 1.82) is 0 Å². The summed E-state index contributed by atoms with van der Waals surface area (Å²) in [6.45, 7) is 0. The number of aromatic nitrogens is 1. The van der Waals surface area contributed by atoms with E-state index in [1.165, 1.54) is 21.1 Å². The van der Waals surface area contributed by atoms with Crippen molar-refractivity contribution in [2.45, 2.75) is 23.7 Å². The van der Waals surface area contributed by atoms with Crippen LogP contribution in [-0.2, 0) is 6.42 Å². The van der Waals surface area contributed by atoms with Crippen LogP contribution in [0.25, 0.3) is 11.3 Å². The molecule has 0 aliphatic carbocycles. The van der Waals surface area contributed by atoms with Gasteiger partial charge in [-0.1, -0.05) is 0 Å². The second-order valence-electron chi connectivity index (χ2n) is 7.01. The molecule has 1 heterocycles. The van der Waals surface area contributed by atoms with Gasteiger partial charge in [0.05, 0.1) is 0 Å². The van der Waals surface area contributed by atoms with E-state index < -0.39 is 13.3 Å². The fraction of sp³-hybridized carbons (Fsp3) is 0.190. The molecule has 2 heteroatoms. The molecule has 0 fully saturated rings. The Labute approximate surface area is 141 Å². The number of nitrogens with zero attached hydrogens (tertiary/aromatic N) is 1. The molecule has 0 spiro atoms. The van der Waals surface area contributed by atoms with E-state index in [1.807, 2.05) is 6.07 Å². The molecular weight excluding hydrogens is 339 g/mol. The Kier molecular flexibility index (Phi) is 4.67. The third kappa shape index (κ3) is 3.91. The molecule has 0 saturated heterocycles. The van der Waals surface area contributed by atoms with Gasteiger partial charge in [-0.25, -0.2) is 0 Å². The van der Waals surface area contributed by atoms with E-state index in [0.717, 1.165) is 12.1 Å². The first-order chi connectivity index (χ1) is 11.0. The molecule has 23 heavy (non-hydrogen) atoms. The number of hydrogen-bond acceptors (Lipinski definition) is 1. The van der Waals surface area contributed by atoms with Crippen LogP contribution in [0.4, 0.5) is 0 Å². The maximum atomic E-state index is 4.76. The van der Waals surface area contributed by atoms with Gasteiger partial charge in [0.2, 0.25) is 0 Å². The fourth-order valence-corrected chi connectivity index (χ4v) is 6.21. The number of benzene rings is 2. The van der Waals surface area contributed by atoms with E-state index in [4.69, 9.17) is 4.98 Å². The van der Waals surface area contributed by atoms with Crippen LogP contribution < -0.4 is 4.40 Å². The molecule has 0 unspecified atom stereocenters. The Balaban J connectivity index is 2.06. The molecule has 1 aromatic heterocycles. The van der Waals surface area contributed by atoms with Crippen LogP contribution >= 0.6 is 0 Å². The van der Waals surface area contributed by atoms with E-state index in [-0.39, 0.29) is 0 Å². The van der Waals surface area contributed by atoms with E-state index >= 15 is 0 Å². The second-order valence-corrected chi connectivity index (χ2v) is 17.6. The Bertz CT molecular complexity index is 774. The summed E-state index contributed by atoms with van der Waals surface area (Å²) < 4.78 is 1.51. The summed E-state index contributed by atoms with van der Waals surface area (Å²) >= 11 is -1.95. The minimum atomic E-state index is -1.95. The molecule has 0 saturated carbocycles. The molecule has 3 aromatic rings. The fourth-order valence-electron chi connectivity index (χ4n) is 2.90. The number of rotatable bonds is 4. The summed E-state index contributed by atoms with van der Waals surface area (Å²) in [6, 6.07) is 23.5. The van der Waals surface area contributed by atoms with Crippen molar-refractivity contribution in [1.82, 2.24) is 4.98 Å². The summed E-state index contributed by atoms with van der Waals surface area (Å²) in [5.74, 6) is 7.31. The molecule has 3 rings (SSSR count). The van der Waals surface area contributed by atoms with Crippen molar-refractivity contribution in [3.05, 3.63) is 84.1 Å². The molecular formula is C21H23GeN. The van der Waals surface area contributed by atoms with Crippen molar-refractivity contribution < 1.29 is 0 Å². The molecule has 0 bridgehead atoms. The maximum absolute atomic E-state index is 4.76. The van der Waals surface area contributed by atoms with Crippen LogP contribution in [0.15, 0.2) is 72.9 Å². The Morgan fingerprint density at radius 1 is 0.826 bits per heavy atom. The quantitative estimate of drug-likeness (QED) is 0.603. The molecule has 1 nitrogen and oxygen atoms in total. The zero-order chi connectivity index (χ0) is 16.3. The van der Waals surface area contributed by atoms with Crippen LogP contribution in [0.1, 0.15) is 11.1 Å². The van der Waals surface area contributed by atoms with E-state index in [2.05, 4.69) is 84.1 Å². The van der Waals surface area contributed by atoms with Crippen LogP contribution in [0.3, 0.4) is 0 Å². The average molecular weight is 362 g/mol. The van der Waals surface area contributed by atoms with Gasteiger partial charge in [0, 0.05) is 0 Å². The third-order valence-corrected chi connectivity index (χ3v) is 8.44. The predicted molar refractivity (Wildman–Crippen MR) is 102 cm³/mol. The molecule has 2 aromatic carbocycles. The van der Waals surface area contributed by atoms with E-state index in [0.29, 0.717) is 0 Å². The Morgan fingerprint density at radius 2 is 1.43 bits per heavy atom. The standard InChI is InChI=1S/C21H23GeN/c1-22(2,3)20-16-23-21(18-12-8-5-9-13-18)15-19(20)14-17-10-6-4-7-11-17/h4-13,15-16H,14H2,1-3H3. The van der Waals surface area contributed by atoms with Crippen LogP contribution in [0.5, 0.6) is 0 Å². The first-order valence-corrected chi connectivity index (χ1v) is 15.5. The van der Waals surface area contributed by atoms with Gasteiger partial charge in [0.1, 0.15) is 0 Å². The molecule has 116 valence electrons. The zero-order valence-electron chi connectivity index (χ0n) is 14.1. The van der Waals surface area contributed by atoms with Gasteiger partial charge in [-0.15, -0.1) is 0 Å². The van der Waals surface area contributed by atoms with Gasteiger partial charge in [-0.2, -0.15) is 0 Å². The molecule has 0 aliphatic heterocycles. The first-order valence-electron chi connectivity index (χ1n) is 8.13. The summed E-state index contributed by atoms with van der Waals surface area (Å²) in [4.78, 5) is 4.76. The minimum absolute atomic E-state index is 0.987. The average Bonchev–Trinajstić information content (AvgIpc) is 2.55. The third-order valence-electron chi connectivity index (χ3n) is 4.10. The van der Waals surface area contributed by atoms with Crippen molar-refractivity contribution in [2.75, 3.05) is 0 Å². The van der Waals surface area contributed by atoms with Crippen LogP contribution in [-0.4, -0.2) is 18.3 Å². The van der Waals surface area contributed by atoms with Crippen molar-refractivity contribution >= 4 is 17.7 Å². The predicted octanol–water partition coefficient (Wildman–Crippen LogP) is 4.88. The van der Waals surface area contributed by atoms with E-state index in [1.54, 1.807) is 0 Å². The molecule has 0 radical (unpaired) electrons. The van der Waals surface area contributed by atoms with Crippen molar-refractivity contribution in [3.63, 3.8) is 0 Å². The monoisotopic (exact) mass is 363 g/mol. The van der Waals surface area contributed by atoms with Gasteiger partial charge in [-0.3, -0.25) is 0 Å². The number of hydrogen-bond donors (Lipinski definition) is 0. The summed E-state index contributed by atoms with van der Waals surface area (Å²) in [5, 5.41) is 0. The van der Waals surface area contributed by atoms with Crippen LogP contribution in [0.2, 0.25) is 17.3 Å². The van der Waals surface area contributed by atoms with E-state index in [9.17, 15) is 0 Å². The van der Waals surface area contributed by atoms with Gasteiger partial charge in [0.25, 0.3) is 0 Å².